The Balaban J connectivity index is 2.07. The van der Waals surface area contributed by atoms with Crippen LogP contribution in [0.5, 0.6) is 5.75 Å². The second-order valence-electron chi connectivity index (χ2n) is 4.40. The van der Waals surface area contributed by atoms with Gasteiger partial charge in [-0.3, -0.25) is 0 Å². The van der Waals surface area contributed by atoms with Gasteiger partial charge in [0.1, 0.15) is 0 Å². The molecule has 0 bridgehead atoms. The predicted octanol–water partition coefficient (Wildman–Crippen LogP) is 3.85. The fraction of sp³-hybridized carbons (Fsp3) is 0.250. The van der Waals surface area contributed by atoms with Crippen LogP contribution in [0.1, 0.15) is 11.1 Å². The number of hydrogen-bond acceptors (Lipinski definition) is 3. The number of ether oxygens (including phenoxy) is 1. The molecule has 2 rings (SSSR count). The highest BCUT2D eigenvalue weighted by Crippen LogP contribution is 2.28. The molecule has 20 heavy (non-hydrogen) atoms. The maximum atomic E-state index is 14.0. The van der Waals surface area contributed by atoms with E-state index in [0.717, 1.165) is 11.4 Å². The first-order valence-electron chi connectivity index (χ1n) is 6.42. The number of thioether (sulfide) groups is 1. The first-order valence-corrected chi connectivity index (χ1v) is 7.41. The second kappa shape index (κ2) is 7.31. The lowest BCUT2D eigenvalue weighted by Crippen LogP contribution is -2.04. The molecule has 0 atom stereocenters. The van der Waals surface area contributed by atoms with E-state index in [2.05, 4.69) is 17.4 Å². The maximum Gasteiger partial charge on any atom is 0.169 e. The lowest BCUT2D eigenvalue weighted by atomic mass is 10.2. The summed E-state index contributed by atoms with van der Waals surface area (Å²) in [5, 5.41) is 3.12. The van der Waals surface area contributed by atoms with Gasteiger partial charge in [-0.25, -0.2) is 4.39 Å². The Bertz CT molecular complexity index is 574. The smallest absolute Gasteiger partial charge is 0.169 e. The van der Waals surface area contributed by atoms with Crippen LogP contribution in [0.4, 0.5) is 4.39 Å². The van der Waals surface area contributed by atoms with Crippen molar-refractivity contribution in [2.75, 3.05) is 14.2 Å². The molecule has 0 heterocycles. The number of benzene rings is 2. The zero-order valence-electron chi connectivity index (χ0n) is 11.7. The molecule has 0 aliphatic rings. The number of halogens is 1. The van der Waals surface area contributed by atoms with E-state index in [4.69, 9.17) is 4.74 Å². The van der Waals surface area contributed by atoms with Crippen LogP contribution in [0.25, 0.3) is 0 Å². The molecule has 0 saturated carbocycles. The van der Waals surface area contributed by atoms with E-state index in [0.29, 0.717) is 17.1 Å². The standard InChI is InChI=1S/C16H18FNOS/c1-18-10-12-5-3-7-14(9-12)20-11-13-6-4-8-15(19-2)16(13)17/h3-9,18H,10-11H2,1-2H3. The Kier molecular flexibility index (Phi) is 5.44. The van der Waals surface area contributed by atoms with Crippen molar-refractivity contribution in [1.29, 1.82) is 0 Å². The molecule has 0 unspecified atom stereocenters. The van der Waals surface area contributed by atoms with Crippen LogP contribution in [0.15, 0.2) is 47.4 Å². The van der Waals surface area contributed by atoms with Crippen molar-refractivity contribution in [2.45, 2.75) is 17.2 Å². The summed E-state index contributed by atoms with van der Waals surface area (Å²) in [5.74, 6) is 0.618. The van der Waals surface area contributed by atoms with Gasteiger partial charge in [0.05, 0.1) is 7.11 Å². The van der Waals surface area contributed by atoms with Crippen LogP contribution in [0.2, 0.25) is 0 Å². The van der Waals surface area contributed by atoms with Crippen molar-refractivity contribution >= 4 is 11.8 Å². The Hall–Kier alpha value is -1.52. The summed E-state index contributed by atoms with van der Waals surface area (Å²) >= 11 is 1.62. The van der Waals surface area contributed by atoms with Crippen molar-refractivity contribution in [3.8, 4) is 5.75 Å². The second-order valence-corrected chi connectivity index (χ2v) is 5.45. The highest BCUT2D eigenvalue weighted by Gasteiger charge is 2.08. The number of rotatable bonds is 6. The van der Waals surface area contributed by atoms with E-state index in [1.165, 1.54) is 12.7 Å². The van der Waals surface area contributed by atoms with E-state index in [1.807, 2.05) is 25.2 Å². The van der Waals surface area contributed by atoms with Crippen molar-refractivity contribution in [3.63, 3.8) is 0 Å². The molecule has 0 fully saturated rings. The summed E-state index contributed by atoms with van der Waals surface area (Å²) in [7, 11) is 3.40. The summed E-state index contributed by atoms with van der Waals surface area (Å²) in [4.78, 5) is 1.14. The van der Waals surface area contributed by atoms with Gasteiger partial charge in [0.15, 0.2) is 11.6 Å². The first-order chi connectivity index (χ1) is 9.74. The Morgan fingerprint density at radius 3 is 2.75 bits per heavy atom. The molecule has 106 valence electrons. The average Bonchev–Trinajstić information content (AvgIpc) is 2.47. The molecule has 1 N–H and O–H groups in total. The Morgan fingerprint density at radius 1 is 1.20 bits per heavy atom. The molecule has 0 saturated heterocycles. The predicted molar refractivity (Wildman–Crippen MR) is 81.7 cm³/mol. The lowest BCUT2D eigenvalue weighted by molar-refractivity contribution is 0.385. The molecular formula is C16H18FNOS. The molecule has 0 radical (unpaired) electrons. The van der Waals surface area contributed by atoms with Gasteiger partial charge in [-0.15, -0.1) is 11.8 Å². The van der Waals surface area contributed by atoms with Crippen LogP contribution in [-0.4, -0.2) is 14.2 Å². The van der Waals surface area contributed by atoms with E-state index in [9.17, 15) is 4.39 Å². The minimum atomic E-state index is -0.270. The van der Waals surface area contributed by atoms with Gasteiger partial charge in [0, 0.05) is 22.8 Å². The molecular weight excluding hydrogens is 273 g/mol. The zero-order chi connectivity index (χ0) is 14.4. The third-order valence-corrected chi connectivity index (χ3v) is 3.98. The lowest BCUT2D eigenvalue weighted by Gasteiger charge is -2.08. The van der Waals surface area contributed by atoms with Crippen LogP contribution in [0, 0.1) is 5.82 Å². The van der Waals surface area contributed by atoms with E-state index >= 15 is 0 Å². The Labute approximate surface area is 123 Å². The molecule has 2 aromatic carbocycles. The molecule has 0 amide bonds. The molecule has 2 nitrogen and oxygen atoms in total. The molecule has 0 aliphatic carbocycles. The van der Waals surface area contributed by atoms with Crippen LogP contribution in [-0.2, 0) is 12.3 Å². The molecule has 0 aromatic heterocycles. The van der Waals surface area contributed by atoms with E-state index < -0.39 is 0 Å². The summed E-state index contributed by atoms with van der Waals surface area (Å²) in [6.45, 7) is 0.835. The molecule has 4 heteroatoms. The topological polar surface area (TPSA) is 21.3 Å². The first kappa shape index (κ1) is 14.9. The van der Waals surface area contributed by atoms with Crippen LogP contribution >= 0.6 is 11.8 Å². The highest BCUT2D eigenvalue weighted by atomic mass is 32.2. The normalized spacial score (nSPS) is 10.6. The van der Waals surface area contributed by atoms with E-state index in [-0.39, 0.29) is 5.82 Å². The van der Waals surface area contributed by atoms with Gasteiger partial charge in [-0.1, -0.05) is 24.3 Å². The van der Waals surface area contributed by atoms with Crippen molar-refractivity contribution in [3.05, 3.63) is 59.4 Å². The third kappa shape index (κ3) is 3.74. The summed E-state index contributed by atoms with van der Waals surface area (Å²) in [6, 6.07) is 13.5. The molecule has 0 spiro atoms. The fourth-order valence-corrected chi connectivity index (χ4v) is 2.89. The maximum absolute atomic E-state index is 14.0. The highest BCUT2D eigenvalue weighted by molar-refractivity contribution is 7.98. The summed E-state index contributed by atoms with van der Waals surface area (Å²) in [6.07, 6.45) is 0. The Morgan fingerprint density at radius 2 is 2.00 bits per heavy atom. The van der Waals surface area contributed by atoms with Gasteiger partial charge in [0.2, 0.25) is 0 Å². The van der Waals surface area contributed by atoms with Crippen molar-refractivity contribution < 1.29 is 9.13 Å². The largest absolute Gasteiger partial charge is 0.494 e. The quantitative estimate of drug-likeness (QED) is 0.817. The molecule has 2 aromatic rings. The third-order valence-electron chi connectivity index (χ3n) is 2.94. The van der Waals surface area contributed by atoms with Gasteiger partial charge in [-0.05, 0) is 30.8 Å². The van der Waals surface area contributed by atoms with Crippen LogP contribution < -0.4 is 10.1 Å². The van der Waals surface area contributed by atoms with Crippen LogP contribution in [0.3, 0.4) is 0 Å². The molecule has 0 aliphatic heterocycles. The number of nitrogens with one attached hydrogen (secondary N) is 1. The monoisotopic (exact) mass is 291 g/mol. The zero-order valence-corrected chi connectivity index (χ0v) is 12.5. The van der Waals surface area contributed by atoms with E-state index in [1.54, 1.807) is 23.9 Å². The van der Waals surface area contributed by atoms with Crippen molar-refractivity contribution in [2.24, 2.45) is 0 Å². The number of hydrogen-bond donors (Lipinski definition) is 1. The SMILES string of the molecule is CNCc1cccc(SCc2cccc(OC)c2F)c1. The van der Waals surface area contributed by atoms with Gasteiger partial charge in [-0.2, -0.15) is 0 Å². The van der Waals surface area contributed by atoms with Crippen molar-refractivity contribution in [1.82, 2.24) is 5.32 Å². The van der Waals surface area contributed by atoms with Gasteiger partial charge >= 0.3 is 0 Å². The van der Waals surface area contributed by atoms with Gasteiger partial charge in [0.25, 0.3) is 0 Å². The number of methoxy groups -OCH3 is 1. The van der Waals surface area contributed by atoms with Gasteiger partial charge < -0.3 is 10.1 Å². The summed E-state index contributed by atoms with van der Waals surface area (Å²) in [5.41, 5.74) is 1.89. The average molecular weight is 291 g/mol. The summed E-state index contributed by atoms with van der Waals surface area (Å²) < 4.78 is 19.0. The minimum absolute atomic E-state index is 0.270. The fourth-order valence-electron chi connectivity index (χ4n) is 1.94. The minimum Gasteiger partial charge on any atom is -0.494 e.